The minimum atomic E-state index is -1.42. The molecular weight excluding hydrogens is 526 g/mol. The fraction of sp³-hybridized carbons (Fsp3) is 0.750. The summed E-state index contributed by atoms with van der Waals surface area (Å²) in [6.07, 6.45) is 7.72. The molecule has 0 saturated carbocycles. The van der Waals surface area contributed by atoms with E-state index in [0.717, 1.165) is 5.57 Å². The predicted molar refractivity (Wildman–Crippen MR) is 158 cm³/mol. The van der Waals surface area contributed by atoms with Crippen LogP contribution in [0.5, 0.6) is 0 Å². The van der Waals surface area contributed by atoms with Gasteiger partial charge in [0, 0.05) is 25.8 Å². The van der Waals surface area contributed by atoms with Gasteiger partial charge in [0.25, 0.3) is 0 Å². The van der Waals surface area contributed by atoms with Crippen LogP contribution in [-0.4, -0.2) is 91.5 Å². The Morgan fingerprint density at radius 1 is 1.32 bits per heavy atom. The van der Waals surface area contributed by atoms with Gasteiger partial charge in [0.15, 0.2) is 0 Å². The maximum absolute atomic E-state index is 13.3. The third-order valence-electron chi connectivity index (χ3n) is 8.44. The molecule has 9 nitrogen and oxygen atoms in total. The molecule has 1 amide bonds. The number of amides is 1. The molecule has 41 heavy (non-hydrogen) atoms. The zero-order valence-corrected chi connectivity index (χ0v) is 26.1. The highest BCUT2D eigenvalue weighted by Gasteiger charge is 2.47. The fourth-order valence-corrected chi connectivity index (χ4v) is 5.78. The van der Waals surface area contributed by atoms with Crippen LogP contribution in [0.15, 0.2) is 36.0 Å². The fourth-order valence-electron chi connectivity index (χ4n) is 5.78. The topological polar surface area (TPSA) is 140 Å². The number of esters is 1. The molecule has 0 aromatic carbocycles. The standard InChI is InChI=1S/C32H53NO8/c1-9-25(36)22(5)30-26(41-30)19-31(7,38)16-11-12-20(3)29-21(4)13-14-27(40-23(6)34)32(8,39)17-15-24(35)18-28(37)33(29)10-2/h11-14,16,21-22,24-27,29-30,35-36,38-39H,9-10,15,17-19H2,1-8H3/b14-13+,16-11+,20-12+. The Bertz CT molecular complexity index is 971. The van der Waals surface area contributed by atoms with E-state index in [0.29, 0.717) is 19.4 Å². The SMILES string of the molecule is CCC(O)C(C)C1OC1CC(C)(O)/C=C/C=C(\C)C1C(C)/C=C/C(OC(C)=O)C(C)(O)CCC(O)CC(=O)N1CC. The molecular formula is C32H53NO8. The molecule has 0 aromatic heterocycles. The highest BCUT2D eigenvalue weighted by molar-refractivity contribution is 5.77. The van der Waals surface area contributed by atoms with E-state index >= 15 is 0 Å². The van der Waals surface area contributed by atoms with Crippen molar-refractivity contribution in [2.24, 2.45) is 11.8 Å². The molecule has 2 aliphatic rings. The largest absolute Gasteiger partial charge is 0.455 e. The highest BCUT2D eigenvalue weighted by atomic mass is 16.6. The molecule has 2 aliphatic heterocycles. The first-order valence-electron chi connectivity index (χ1n) is 15.0. The number of ether oxygens (including phenoxy) is 2. The molecule has 1 saturated heterocycles. The molecule has 9 heteroatoms. The Hall–Kier alpha value is -2.04. The molecule has 4 N–H and O–H groups in total. The van der Waals surface area contributed by atoms with Gasteiger partial charge in [-0.15, -0.1) is 0 Å². The average molecular weight is 580 g/mol. The summed E-state index contributed by atoms with van der Waals surface area (Å²) in [4.78, 5) is 26.8. The quantitative estimate of drug-likeness (QED) is 0.134. The second-order valence-corrected chi connectivity index (χ2v) is 12.5. The van der Waals surface area contributed by atoms with Crippen LogP contribution in [0.3, 0.4) is 0 Å². The normalized spacial score (nSPS) is 35.7. The molecule has 0 bridgehead atoms. The van der Waals surface area contributed by atoms with Crippen molar-refractivity contribution in [2.75, 3.05) is 6.54 Å². The van der Waals surface area contributed by atoms with Gasteiger partial charge in [0.1, 0.15) is 11.7 Å². The number of hydrogen-bond donors (Lipinski definition) is 4. The van der Waals surface area contributed by atoms with Gasteiger partial charge >= 0.3 is 5.97 Å². The van der Waals surface area contributed by atoms with Gasteiger partial charge in [-0.25, -0.2) is 0 Å². The van der Waals surface area contributed by atoms with E-state index in [-0.39, 0.29) is 55.3 Å². The minimum absolute atomic E-state index is 0.00258. The summed E-state index contributed by atoms with van der Waals surface area (Å²) in [5, 5.41) is 42.8. The van der Waals surface area contributed by atoms with Gasteiger partial charge in [0.2, 0.25) is 5.91 Å². The highest BCUT2D eigenvalue weighted by Crippen LogP contribution is 2.37. The van der Waals surface area contributed by atoms with Crippen LogP contribution in [-0.2, 0) is 19.1 Å². The van der Waals surface area contributed by atoms with Crippen LogP contribution in [0, 0.1) is 11.8 Å². The average Bonchev–Trinajstić information content (AvgIpc) is 3.64. The van der Waals surface area contributed by atoms with Gasteiger partial charge in [-0.1, -0.05) is 50.6 Å². The van der Waals surface area contributed by atoms with E-state index in [1.54, 1.807) is 37.0 Å². The molecule has 0 aliphatic carbocycles. The number of likely N-dealkylation sites (N-methyl/N-ethyl adjacent to an activating group) is 1. The van der Waals surface area contributed by atoms with Crippen molar-refractivity contribution in [3.05, 3.63) is 36.0 Å². The number of carbonyl (C=O) groups is 2. The van der Waals surface area contributed by atoms with Crippen molar-refractivity contribution in [3.8, 4) is 0 Å². The van der Waals surface area contributed by atoms with Gasteiger partial charge < -0.3 is 34.8 Å². The number of aliphatic hydroxyl groups excluding tert-OH is 2. The maximum atomic E-state index is 13.3. The van der Waals surface area contributed by atoms with E-state index < -0.39 is 35.5 Å². The van der Waals surface area contributed by atoms with Crippen molar-refractivity contribution in [1.82, 2.24) is 4.90 Å². The first kappa shape index (κ1) is 35.2. The zero-order valence-electron chi connectivity index (χ0n) is 26.1. The van der Waals surface area contributed by atoms with Crippen molar-refractivity contribution in [1.29, 1.82) is 0 Å². The Labute approximate surface area is 245 Å². The van der Waals surface area contributed by atoms with Crippen LogP contribution in [0.1, 0.15) is 87.5 Å². The molecule has 10 atom stereocenters. The zero-order chi connectivity index (χ0) is 31.1. The van der Waals surface area contributed by atoms with Crippen LogP contribution in [0.4, 0.5) is 0 Å². The molecule has 0 radical (unpaired) electrons. The van der Waals surface area contributed by atoms with Crippen LogP contribution in [0.2, 0.25) is 0 Å². The van der Waals surface area contributed by atoms with E-state index in [2.05, 4.69) is 0 Å². The molecule has 1 fully saturated rings. The number of nitrogens with zero attached hydrogens (tertiary/aromatic N) is 1. The third-order valence-corrected chi connectivity index (χ3v) is 8.44. The summed E-state index contributed by atoms with van der Waals surface area (Å²) in [7, 11) is 0. The molecule has 10 unspecified atom stereocenters. The Balaban J connectivity index is 2.30. The number of aliphatic hydroxyl groups is 4. The summed E-state index contributed by atoms with van der Waals surface area (Å²) in [6.45, 7) is 14.7. The van der Waals surface area contributed by atoms with Gasteiger partial charge in [-0.2, -0.15) is 0 Å². The Kier molecular flexibility index (Phi) is 12.8. The van der Waals surface area contributed by atoms with Crippen molar-refractivity contribution in [3.63, 3.8) is 0 Å². The van der Waals surface area contributed by atoms with Crippen molar-refractivity contribution >= 4 is 11.9 Å². The molecule has 2 heterocycles. The summed E-state index contributed by atoms with van der Waals surface area (Å²) >= 11 is 0. The molecule has 234 valence electrons. The molecule has 2 rings (SSSR count). The maximum Gasteiger partial charge on any atom is 0.303 e. The number of rotatable bonds is 10. The lowest BCUT2D eigenvalue weighted by Gasteiger charge is -2.37. The second kappa shape index (κ2) is 14.9. The number of carbonyl (C=O) groups excluding carboxylic acids is 2. The lowest BCUT2D eigenvalue weighted by atomic mass is 9.87. The van der Waals surface area contributed by atoms with Crippen LogP contribution >= 0.6 is 0 Å². The van der Waals surface area contributed by atoms with Crippen LogP contribution < -0.4 is 0 Å². The second-order valence-electron chi connectivity index (χ2n) is 12.5. The van der Waals surface area contributed by atoms with Gasteiger partial charge in [-0.05, 0) is 59.0 Å². The predicted octanol–water partition coefficient (Wildman–Crippen LogP) is 3.44. The smallest absolute Gasteiger partial charge is 0.303 e. The van der Waals surface area contributed by atoms with Gasteiger partial charge in [0.05, 0.1) is 42.5 Å². The minimum Gasteiger partial charge on any atom is -0.455 e. The van der Waals surface area contributed by atoms with E-state index in [9.17, 15) is 30.0 Å². The number of epoxide rings is 1. The monoisotopic (exact) mass is 579 g/mol. The summed E-state index contributed by atoms with van der Waals surface area (Å²) in [6, 6.07) is -0.375. The number of hydrogen-bond acceptors (Lipinski definition) is 8. The van der Waals surface area contributed by atoms with E-state index in [4.69, 9.17) is 9.47 Å². The molecule has 0 aromatic rings. The van der Waals surface area contributed by atoms with Crippen LogP contribution in [0.25, 0.3) is 0 Å². The van der Waals surface area contributed by atoms with Crippen molar-refractivity contribution in [2.45, 2.75) is 135 Å². The lowest BCUT2D eigenvalue weighted by Crippen LogP contribution is -2.46. The Morgan fingerprint density at radius 2 is 1.98 bits per heavy atom. The van der Waals surface area contributed by atoms with Crippen molar-refractivity contribution < 1.29 is 39.5 Å². The van der Waals surface area contributed by atoms with E-state index in [1.807, 2.05) is 46.8 Å². The Morgan fingerprint density at radius 3 is 2.56 bits per heavy atom. The number of allylic oxidation sites excluding steroid dienone is 2. The van der Waals surface area contributed by atoms with Gasteiger partial charge in [-0.3, -0.25) is 9.59 Å². The summed E-state index contributed by atoms with van der Waals surface area (Å²) < 4.78 is 11.2. The summed E-state index contributed by atoms with van der Waals surface area (Å²) in [5.74, 6) is -0.926. The first-order valence-corrected chi connectivity index (χ1v) is 15.0. The third kappa shape index (κ3) is 10.3. The summed E-state index contributed by atoms with van der Waals surface area (Å²) in [5.41, 5.74) is -1.67. The van der Waals surface area contributed by atoms with E-state index in [1.165, 1.54) is 6.92 Å². The lowest BCUT2D eigenvalue weighted by molar-refractivity contribution is -0.156. The molecule has 0 spiro atoms. The first-order chi connectivity index (χ1) is 19.0.